The second-order valence-corrected chi connectivity index (χ2v) is 7.53. The Balaban J connectivity index is 2.45. The maximum Gasteiger partial charge on any atom is 0.240 e. The van der Waals surface area contributed by atoms with Crippen molar-refractivity contribution in [2.75, 3.05) is 19.4 Å². The largest absolute Gasteiger partial charge is 0.382 e. The van der Waals surface area contributed by atoms with Gasteiger partial charge in [-0.1, -0.05) is 19.3 Å². The number of sulfonamides is 1. The minimum atomic E-state index is -3.57. The number of anilines is 1. The van der Waals surface area contributed by atoms with E-state index in [2.05, 4.69) is 25.4 Å². The van der Waals surface area contributed by atoms with Crippen LogP contribution in [0.4, 0.5) is 5.69 Å². The first kappa shape index (κ1) is 18.3. The van der Waals surface area contributed by atoms with Gasteiger partial charge in [0.15, 0.2) is 0 Å². The number of hydrazone groups is 1. The average Bonchev–Trinajstić information content (AvgIpc) is 2.61. The van der Waals surface area contributed by atoms with Gasteiger partial charge in [0.2, 0.25) is 15.9 Å². The van der Waals surface area contributed by atoms with Gasteiger partial charge in [0.25, 0.3) is 0 Å². The third kappa shape index (κ3) is 4.30. The molecule has 0 aliphatic heterocycles. The average molecular weight is 352 g/mol. The van der Waals surface area contributed by atoms with Gasteiger partial charge in [-0.05, 0) is 38.1 Å². The first-order chi connectivity index (χ1) is 11.5. The van der Waals surface area contributed by atoms with Crippen molar-refractivity contribution in [1.82, 2.24) is 4.72 Å². The Kier molecular flexibility index (Phi) is 6.27. The molecule has 1 saturated carbocycles. The molecule has 0 amide bonds. The molecule has 8 nitrogen and oxygen atoms in total. The molecule has 0 radical (unpaired) electrons. The van der Waals surface area contributed by atoms with Crippen LogP contribution < -0.4 is 15.9 Å². The summed E-state index contributed by atoms with van der Waals surface area (Å²) in [6.45, 7) is 0. The molecule has 1 aromatic carbocycles. The fourth-order valence-corrected chi connectivity index (χ4v) is 3.59. The number of hydrogen-bond donors (Lipinski definition) is 3. The highest BCUT2D eigenvalue weighted by molar-refractivity contribution is 7.89. The molecule has 1 fully saturated rings. The Hall–Kier alpha value is -2.00. The van der Waals surface area contributed by atoms with Gasteiger partial charge in [0.05, 0.1) is 4.90 Å². The summed E-state index contributed by atoms with van der Waals surface area (Å²) in [5.74, 6) is 5.61. The molecule has 0 saturated heterocycles. The Bertz CT molecular complexity index is 723. The fourth-order valence-electron chi connectivity index (χ4n) is 2.83. The maximum atomic E-state index is 12.1. The molecule has 0 heterocycles. The van der Waals surface area contributed by atoms with E-state index in [0.29, 0.717) is 11.6 Å². The van der Waals surface area contributed by atoms with Crippen molar-refractivity contribution in [1.29, 1.82) is 0 Å². The van der Waals surface area contributed by atoms with Crippen LogP contribution in [0.3, 0.4) is 0 Å². The standard InChI is InChI=1S/C15H24N6O2S/c1-17-21-15(20-16)13-10-12(24(22,23)18-2)8-9-14(13)19-11-6-4-3-5-7-11/h8-11,18-19H,3-7,16H2,1-2H3. The van der Waals surface area contributed by atoms with Crippen molar-refractivity contribution in [3.63, 3.8) is 0 Å². The van der Waals surface area contributed by atoms with E-state index in [-0.39, 0.29) is 10.7 Å². The smallest absolute Gasteiger partial charge is 0.240 e. The zero-order chi connectivity index (χ0) is 17.6. The Labute approximate surface area is 142 Å². The predicted octanol–water partition coefficient (Wildman–Crippen LogP) is 2.04. The first-order valence-corrected chi connectivity index (χ1v) is 9.42. The van der Waals surface area contributed by atoms with Gasteiger partial charge in [-0.15, -0.1) is 5.11 Å². The number of nitrogens with two attached hydrogens (primary N) is 1. The van der Waals surface area contributed by atoms with Crippen molar-refractivity contribution in [2.24, 2.45) is 21.2 Å². The van der Waals surface area contributed by atoms with Gasteiger partial charge < -0.3 is 11.2 Å². The van der Waals surface area contributed by atoms with Crippen LogP contribution in [-0.2, 0) is 10.0 Å². The van der Waals surface area contributed by atoms with E-state index in [0.717, 1.165) is 18.5 Å². The molecule has 1 aromatic rings. The molecule has 0 atom stereocenters. The van der Waals surface area contributed by atoms with Gasteiger partial charge in [-0.3, -0.25) is 0 Å². The van der Waals surface area contributed by atoms with Gasteiger partial charge in [0.1, 0.15) is 0 Å². The number of nitrogens with zero attached hydrogens (tertiary/aromatic N) is 3. The van der Waals surface area contributed by atoms with Gasteiger partial charge >= 0.3 is 0 Å². The Morgan fingerprint density at radius 3 is 2.54 bits per heavy atom. The number of benzene rings is 1. The lowest BCUT2D eigenvalue weighted by atomic mass is 9.95. The molecule has 24 heavy (non-hydrogen) atoms. The van der Waals surface area contributed by atoms with E-state index in [1.165, 1.54) is 39.4 Å². The maximum absolute atomic E-state index is 12.1. The molecule has 9 heteroatoms. The number of amidine groups is 1. The van der Waals surface area contributed by atoms with Crippen LogP contribution in [0.15, 0.2) is 38.4 Å². The van der Waals surface area contributed by atoms with Crippen LogP contribution in [-0.4, -0.2) is 34.4 Å². The van der Waals surface area contributed by atoms with Crippen LogP contribution in [0.25, 0.3) is 0 Å². The summed E-state index contributed by atoms with van der Waals surface area (Å²) in [6.07, 6.45) is 5.79. The Morgan fingerprint density at radius 1 is 1.25 bits per heavy atom. The van der Waals surface area contributed by atoms with Crippen molar-refractivity contribution in [3.05, 3.63) is 23.8 Å². The zero-order valence-corrected chi connectivity index (χ0v) is 14.8. The SMILES string of the molecule is CN=NC(=NN)c1cc(S(=O)(=O)NC)ccc1NC1CCCCC1. The van der Waals surface area contributed by atoms with Crippen molar-refractivity contribution < 1.29 is 8.42 Å². The third-order valence-electron chi connectivity index (χ3n) is 4.09. The third-order valence-corrected chi connectivity index (χ3v) is 5.50. The second-order valence-electron chi connectivity index (χ2n) is 5.65. The highest BCUT2D eigenvalue weighted by atomic mass is 32.2. The number of azo groups is 1. The highest BCUT2D eigenvalue weighted by Gasteiger charge is 2.20. The van der Waals surface area contributed by atoms with Crippen LogP contribution >= 0.6 is 0 Å². The summed E-state index contributed by atoms with van der Waals surface area (Å²) in [4.78, 5) is 0.127. The normalized spacial score (nSPS) is 17.3. The topological polar surface area (TPSA) is 121 Å². The summed E-state index contributed by atoms with van der Waals surface area (Å²) in [7, 11) is -0.698. The van der Waals surface area contributed by atoms with E-state index in [9.17, 15) is 8.42 Å². The molecule has 0 spiro atoms. The van der Waals surface area contributed by atoms with E-state index >= 15 is 0 Å². The van der Waals surface area contributed by atoms with E-state index < -0.39 is 10.0 Å². The summed E-state index contributed by atoms with van der Waals surface area (Å²) in [6, 6.07) is 5.14. The second kappa shape index (κ2) is 8.20. The summed E-state index contributed by atoms with van der Waals surface area (Å²) in [5.41, 5.74) is 1.28. The van der Waals surface area contributed by atoms with Crippen LogP contribution in [0.1, 0.15) is 37.7 Å². The van der Waals surface area contributed by atoms with Crippen molar-refractivity contribution >= 4 is 21.5 Å². The highest BCUT2D eigenvalue weighted by Crippen LogP contribution is 2.26. The van der Waals surface area contributed by atoms with Crippen LogP contribution in [0.2, 0.25) is 0 Å². The number of rotatable bonds is 5. The summed E-state index contributed by atoms with van der Waals surface area (Å²) in [5, 5.41) is 14.7. The van der Waals surface area contributed by atoms with Crippen LogP contribution in [0.5, 0.6) is 0 Å². The van der Waals surface area contributed by atoms with Gasteiger partial charge in [0, 0.05) is 24.3 Å². The monoisotopic (exact) mass is 352 g/mol. The lowest BCUT2D eigenvalue weighted by molar-refractivity contribution is 0.462. The Morgan fingerprint density at radius 2 is 1.96 bits per heavy atom. The van der Waals surface area contributed by atoms with Gasteiger partial charge in [-0.25, -0.2) is 13.1 Å². The molecule has 132 valence electrons. The lowest BCUT2D eigenvalue weighted by Crippen LogP contribution is -2.24. The molecular formula is C15H24N6O2S. The van der Waals surface area contributed by atoms with Crippen molar-refractivity contribution in [3.8, 4) is 0 Å². The fraction of sp³-hybridized carbons (Fsp3) is 0.533. The quantitative estimate of drug-likeness (QED) is 0.247. The zero-order valence-electron chi connectivity index (χ0n) is 14.0. The molecule has 0 unspecified atom stereocenters. The minimum absolute atomic E-state index is 0.127. The molecule has 1 aliphatic carbocycles. The van der Waals surface area contributed by atoms with E-state index in [1.54, 1.807) is 12.1 Å². The van der Waals surface area contributed by atoms with E-state index in [1.807, 2.05) is 0 Å². The predicted molar refractivity (Wildman–Crippen MR) is 94.7 cm³/mol. The number of nitrogens with one attached hydrogen (secondary N) is 2. The summed E-state index contributed by atoms with van der Waals surface area (Å²) < 4.78 is 26.4. The molecule has 1 aliphatic rings. The molecule has 4 N–H and O–H groups in total. The van der Waals surface area contributed by atoms with Crippen LogP contribution in [0, 0.1) is 0 Å². The molecular weight excluding hydrogens is 328 g/mol. The van der Waals surface area contributed by atoms with E-state index in [4.69, 9.17) is 5.84 Å². The minimum Gasteiger partial charge on any atom is -0.382 e. The van der Waals surface area contributed by atoms with Gasteiger partial charge in [-0.2, -0.15) is 10.2 Å². The first-order valence-electron chi connectivity index (χ1n) is 7.94. The molecule has 2 rings (SSSR count). The molecule has 0 bridgehead atoms. The lowest BCUT2D eigenvalue weighted by Gasteiger charge is -2.25. The number of hydrogen-bond acceptors (Lipinski definition) is 6. The summed E-state index contributed by atoms with van der Waals surface area (Å²) >= 11 is 0. The molecule has 0 aromatic heterocycles. The van der Waals surface area contributed by atoms with Crippen molar-refractivity contribution in [2.45, 2.75) is 43.0 Å².